The number of hydrogen-bond acceptors (Lipinski definition) is 5. The van der Waals surface area contributed by atoms with Crippen LogP contribution in [0.1, 0.15) is 5.56 Å². The first-order valence-corrected chi connectivity index (χ1v) is 8.97. The van der Waals surface area contributed by atoms with Crippen LogP contribution in [0.25, 0.3) is 27.9 Å². The number of halogens is 1. The predicted octanol–water partition coefficient (Wildman–Crippen LogP) is 3.20. The summed E-state index contributed by atoms with van der Waals surface area (Å²) in [6, 6.07) is 12.9. The molecule has 0 aliphatic carbocycles. The average molecular weight is 389 g/mol. The molecular weight excluding hydrogens is 376 g/mol. The Morgan fingerprint density at radius 3 is 2.68 bits per heavy atom. The van der Waals surface area contributed by atoms with Gasteiger partial charge in [0.15, 0.2) is 0 Å². The number of nitrogens with zero attached hydrogens (tertiary/aromatic N) is 6. The molecule has 0 atom stereocenters. The minimum atomic E-state index is -0.172. The Bertz CT molecular complexity index is 1380. The van der Waals surface area contributed by atoms with Gasteiger partial charge in [-0.2, -0.15) is 14.6 Å². The molecule has 5 aromatic rings. The molecule has 0 unspecified atom stereocenters. The molecule has 0 fully saturated rings. The highest BCUT2D eigenvalue weighted by atomic mass is 35.5. The molecule has 1 aromatic carbocycles. The SMILES string of the molecule is O=c1c2c(-c3ccccc3Cl)n3ncnc3nc2ccn1Cc1ccncc1. The van der Waals surface area contributed by atoms with Crippen molar-refractivity contribution in [2.45, 2.75) is 6.54 Å². The molecule has 8 heteroatoms. The minimum absolute atomic E-state index is 0.172. The van der Waals surface area contributed by atoms with E-state index < -0.39 is 0 Å². The van der Waals surface area contributed by atoms with E-state index in [2.05, 4.69) is 20.1 Å². The zero-order valence-electron chi connectivity index (χ0n) is 14.5. The Morgan fingerprint density at radius 1 is 1.04 bits per heavy atom. The molecule has 0 amide bonds. The monoisotopic (exact) mass is 388 g/mol. The molecule has 0 saturated heterocycles. The molecular formula is C20H13ClN6O. The van der Waals surface area contributed by atoms with Crippen LogP contribution in [0.15, 0.2) is 72.2 Å². The Labute approximate surface area is 163 Å². The van der Waals surface area contributed by atoms with Crippen LogP contribution >= 0.6 is 11.6 Å². The van der Waals surface area contributed by atoms with Crippen LogP contribution in [0.2, 0.25) is 5.02 Å². The lowest BCUT2D eigenvalue weighted by Gasteiger charge is -2.12. The van der Waals surface area contributed by atoms with Crippen LogP contribution in [0.5, 0.6) is 0 Å². The minimum Gasteiger partial charge on any atom is -0.310 e. The van der Waals surface area contributed by atoms with Crippen LogP contribution in [0.3, 0.4) is 0 Å². The van der Waals surface area contributed by atoms with Crippen molar-refractivity contribution in [2.75, 3.05) is 0 Å². The van der Waals surface area contributed by atoms with Gasteiger partial charge < -0.3 is 4.57 Å². The van der Waals surface area contributed by atoms with Crippen molar-refractivity contribution in [1.29, 1.82) is 0 Å². The second-order valence-electron chi connectivity index (χ2n) is 6.28. The molecule has 0 N–H and O–H groups in total. The summed E-state index contributed by atoms with van der Waals surface area (Å²) in [5.74, 6) is 0.411. The molecule has 136 valence electrons. The fourth-order valence-electron chi connectivity index (χ4n) is 3.27. The summed E-state index contributed by atoms with van der Waals surface area (Å²) >= 11 is 6.45. The van der Waals surface area contributed by atoms with Crippen molar-refractivity contribution in [1.82, 2.24) is 29.1 Å². The summed E-state index contributed by atoms with van der Waals surface area (Å²) in [6.07, 6.45) is 6.56. The molecule has 4 heterocycles. The number of fused-ring (bicyclic) bond motifs is 2. The molecule has 4 aromatic heterocycles. The Kier molecular flexibility index (Phi) is 3.87. The molecule has 28 heavy (non-hydrogen) atoms. The maximum absolute atomic E-state index is 13.4. The highest BCUT2D eigenvalue weighted by Crippen LogP contribution is 2.31. The van der Waals surface area contributed by atoms with E-state index in [9.17, 15) is 4.79 Å². The van der Waals surface area contributed by atoms with Crippen LogP contribution < -0.4 is 5.56 Å². The van der Waals surface area contributed by atoms with Crippen LogP contribution in [0.4, 0.5) is 0 Å². The van der Waals surface area contributed by atoms with Crippen LogP contribution in [-0.2, 0) is 6.54 Å². The molecule has 0 aliphatic heterocycles. The third kappa shape index (κ3) is 2.64. The lowest BCUT2D eigenvalue weighted by Crippen LogP contribution is -2.22. The first-order chi connectivity index (χ1) is 13.7. The van der Waals surface area contributed by atoms with Gasteiger partial charge in [0.1, 0.15) is 6.33 Å². The first kappa shape index (κ1) is 16.6. The van der Waals surface area contributed by atoms with E-state index >= 15 is 0 Å². The zero-order valence-corrected chi connectivity index (χ0v) is 15.3. The van der Waals surface area contributed by atoms with E-state index in [0.29, 0.717) is 39.5 Å². The maximum Gasteiger partial charge on any atom is 0.262 e. The quantitative estimate of drug-likeness (QED) is 0.474. The number of hydrogen-bond donors (Lipinski definition) is 0. The van der Waals surface area contributed by atoms with Gasteiger partial charge in [-0.25, -0.2) is 4.98 Å². The van der Waals surface area contributed by atoms with Crippen molar-refractivity contribution in [3.8, 4) is 11.3 Å². The average Bonchev–Trinajstić information content (AvgIpc) is 3.18. The van der Waals surface area contributed by atoms with E-state index in [-0.39, 0.29) is 5.56 Å². The van der Waals surface area contributed by atoms with Gasteiger partial charge in [-0.15, -0.1) is 0 Å². The summed E-state index contributed by atoms with van der Waals surface area (Å²) in [5.41, 5.74) is 2.63. The predicted molar refractivity (Wildman–Crippen MR) is 106 cm³/mol. The lowest BCUT2D eigenvalue weighted by atomic mass is 10.1. The molecule has 7 nitrogen and oxygen atoms in total. The van der Waals surface area contributed by atoms with Crippen molar-refractivity contribution in [3.63, 3.8) is 0 Å². The summed E-state index contributed by atoms with van der Waals surface area (Å²) in [6.45, 7) is 0.425. The van der Waals surface area contributed by atoms with E-state index in [0.717, 1.165) is 5.56 Å². The fraction of sp³-hybridized carbons (Fsp3) is 0.0500. The highest BCUT2D eigenvalue weighted by molar-refractivity contribution is 6.33. The van der Waals surface area contributed by atoms with Gasteiger partial charge in [0.2, 0.25) is 0 Å². The lowest BCUT2D eigenvalue weighted by molar-refractivity contribution is 0.765. The van der Waals surface area contributed by atoms with Gasteiger partial charge in [-0.05, 0) is 29.8 Å². The van der Waals surface area contributed by atoms with Gasteiger partial charge >= 0.3 is 0 Å². The van der Waals surface area contributed by atoms with Crippen molar-refractivity contribution in [2.24, 2.45) is 0 Å². The van der Waals surface area contributed by atoms with E-state index in [1.807, 2.05) is 36.4 Å². The van der Waals surface area contributed by atoms with Crippen LogP contribution in [-0.4, -0.2) is 29.1 Å². The maximum atomic E-state index is 13.4. The van der Waals surface area contributed by atoms with Gasteiger partial charge in [0, 0.05) is 29.2 Å². The van der Waals surface area contributed by atoms with Gasteiger partial charge in [-0.3, -0.25) is 9.78 Å². The fourth-order valence-corrected chi connectivity index (χ4v) is 3.50. The summed E-state index contributed by atoms with van der Waals surface area (Å²) < 4.78 is 3.20. The Balaban J connectivity index is 1.84. The normalized spacial score (nSPS) is 11.3. The zero-order chi connectivity index (χ0) is 19.1. The molecule has 0 bridgehead atoms. The second kappa shape index (κ2) is 6.54. The van der Waals surface area contributed by atoms with E-state index in [4.69, 9.17) is 11.6 Å². The second-order valence-corrected chi connectivity index (χ2v) is 6.68. The Hall–Kier alpha value is -3.58. The van der Waals surface area contributed by atoms with E-state index in [1.54, 1.807) is 33.7 Å². The van der Waals surface area contributed by atoms with Crippen LogP contribution in [0, 0.1) is 0 Å². The van der Waals surface area contributed by atoms with Crippen molar-refractivity contribution < 1.29 is 0 Å². The van der Waals surface area contributed by atoms with E-state index in [1.165, 1.54) is 6.33 Å². The third-order valence-electron chi connectivity index (χ3n) is 4.57. The largest absolute Gasteiger partial charge is 0.310 e. The molecule has 0 radical (unpaired) electrons. The molecule has 0 aliphatic rings. The Morgan fingerprint density at radius 2 is 1.86 bits per heavy atom. The standard InChI is InChI=1S/C20H13ClN6O/c21-15-4-2-1-3-14(15)18-17-16(25-20-23-12-24-27(18)20)7-10-26(19(17)28)11-13-5-8-22-9-6-13/h1-10,12H,11H2. The molecule has 0 saturated carbocycles. The van der Waals surface area contributed by atoms with Crippen molar-refractivity contribution >= 4 is 28.3 Å². The first-order valence-electron chi connectivity index (χ1n) is 8.59. The van der Waals surface area contributed by atoms with Gasteiger partial charge in [0.05, 0.1) is 23.1 Å². The highest BCUT2D eigenvalue weighted by Gasteiger charge is 2.18. The number of aromatic nitrogens is 6. The third-order valence-corrected chi connectivity index (χ3v) is 4.90. The molecule has 0 spiro atoms. The summed E-state index contributed by atoms with van der Waals surface area (Å²) in [4.78, 5) is 26.1. The smallest absolute Gasteiger partial charge is 0.262 e. The molecule has 5 rings (SSSR count). The number of benzene rings is 1. The van der Waals surface area contributed by atoms with Gasteiger partial charge in [-0.1, -0.05) is 29.8 Å². The topological polar surface area (TPSA) is 78.0 Å². The number of rotatable bonds is 3. The van der Waals surface area contributed by atoms with Gasteiger partial charge in [0.25, 0.3) is 11.3 Å². The number of pyridine rings is 2. The summed E-state index contributed by atoms with van der Waals surface area (Å²) in [7, 11) is 0. The summed E-state index contributed by atoms with van der Waals surface area (Å²) in [5, 5.41) is 5.24. The van der Waals surface area contributed by atoms with Crippen molar-refractivity contribution in [3.05, 3.63) is 88.3 Å².